The summed E-state index contributed by atoms with van der Waals surface area (Å²) in [5.74, 6) is 0.0790. The molecule has 108 valence electrons. The molecule has 2 N–H and O–H groups in total. The first kappa shape index (κ1) is 15.1. The molecular formula is C15H13BrN2O3. The lowest BCUT2D eigenvalue weighted by atomic mass is 10.2. The van der Waals surface area contributed by atoms with E-state index in [0.29, 0.717) is 16.9 Å². The van der Waals surface area contributed by atoms with Crippen LogP contribution in [0, 0.1) is 0 Å². The van der Waals surface area contributed by atoms with Gasteiger partial charge >= 0.3 is 0 Å². The van der Waals surface area contributed by atoms with Crippen LogP contribution in [0.15, 0.2) is 52.0 Å². The third-order valence-electron chi connectivity index (χ3n) is 2.67. The number of benzene rings is 2. The predicted molar refractivity (Wildman–Crippen MR) is 83.9 cm³/mol. The number of hydrogen-bond donors (Lipinski definition) is 2. The number of halogens is 1. The molecule has 21 heavy (non-hydrogen) atoms. The Kier molecular flexibility index (Phi) is 4.94. The Morgan fingerprint density at radius 3 is 2.81 bits per heavy atom. The molecule has 2 rings (SSSR count). The van der Waals surface area contributed by atoms with E-state index in [9.17, 15) is 9.90 Å². The highest BCUT2D eigenvalue weighted by Gasteiger charge is 2.04. The highest BCUT2D eigenvalue weighted by molar-refractivity contribution is 9.10. The predicted octanol–water partition coefficient (Wildman–Crippen LogP) is 2.93. The Morgan fingerprint density at radius 1 is 1.33 bits per heavy atom. The van der Waals surface area contributed by atoms with E-state index in [1.807, 2.05) is 6.07 Å². The average Bonchev–Trinajstić information content (AvgIpc) is 2.47. The largest absolute Gasteiger partial charge is 0.504 e. The van der Waals surface area contributed by atoms with Gasteiger partial charge in [0.2, 0.25) is 0 Å². The van der Waals surface area contributed by atoms with E-state index in [2.05, 4.69) is 26.5 Å². The van der Waals surface area contributed by atoms with Gasteiger partial charge in [0.1, 0.15) is 0 Å². The standard InChI is InChI=1S/C15H13BrN2O3/c1-21-14-6-5-10(7-13(14)19)9-17-18-15(20)11-3-2-4-12(16)8-11/h2-9,19H,1H3,(H,18,20)/b17-9+. The molecule has 0 aliphatic carbocycles. The van der Waals surface area contributed by atoms with Gasteiger partial charge in [-0.2, -0.15) is 5.10 Å². The molecule has 0 bridgehead atoms. The SMILES string of the molecule is COc1ccc(/C=N/NC(=O)c2cccc(Br)c2)cc1O. The normalized spacial score (nSPS) is 10.6. The second-order valence-electron chi connectivity index (χ2n) is 4.14. The van der Waals surface area contributed by atoms with Crippen LogP contribution >= 0.6 is 15.9 Å². The number of amides is 1. The summed E-state index contributed by atoms with van der Waals surface area (Å²) in [5.41, 5.74) is 3.56. The van der Waals surface area contributed by atoms with E-state index in [-0.39, 0.29) is 11.7 Å². The lowest BCUT2D eigenvalue weighted by molar-refractivity contribution is 0.0955. The van der Waals surface area contributed by atoms with Gasteiger partial charge in [-0.25, -0.2) is 5.43 Å². The molecule has 0 unspecified atom stereocenters. The van der Waals surface area contributed by atoms with E-state index in [1.54, 1.807) is 30.3 Å². The van der Waals surface area contributed by atoms with Crippen molar-refractivity contribution in [2.45, 2.75) is 0 Å². The molecule has 0 heterocycles. The monoisotopic (exact) mass is 348 g/mol. The molecule has 2 aromatic carbocycles. The summed E-state index contributed by atoms with van der Waals surface area (Å²) in [5, 5.41) is 13.5. The number of rotatable bonds is 4. The second kappa shape index (κ2) is 6.90. The number of hydrazone groups is 1. The number of hydrogen-bond acceptors (Lipinski definition) is 4. The zero-order valence-corrected chi connectivity index (χ0v) is 12.8. The van der Waals surface area contributed by atoms with E-state index < -0.39 is 0 Å². The maximum atomic E-state index is 11.8. The molecule has 0 aliphatic heterocycles. The van der Waals surface area contributed by atoms with Crippen molar-refractivity contribution in [1.82, 2.24) is 5.43 Å². The number of nitrogens with one attached hydrogen (secondary N) is 1. The number of phenols is 1. The van der Waals surface area contributed by atoms with Crippen LogP contribution in [0.5, 0.6) is 11.5 Å². The molecule has 0 saturated carbocycles. The Balaban J connectivity index is 2.02. The van der Waals surface area contributed by atoms with Crippen molar-refractivity contribution in [2.24, 2.45) is 5.10 Å². The Bertz CT molecular complexity index is 686. The van der Waals surface area contributed by atoms with Gasteiger partial charge < -0.3 is 9.84 Å². The lowest BCUT2D eigenvalue weighted by Gasteiger charge is -2.03. The van der Waals surface area contributed by atoms with Gasteiger partial charge in [-0.15, -0.1) is 0 Å². The van der Waals surface area contributed by atoms with Crippen LogP contribution in [0.2, 0.25) is 0 Å². The molecule has 0 fully saturated rings. The summed E-state index contributed by atoms with van der Waals surface area (Å²) in [6.45, 7) is 0. The van der Waals surface area contributed by atoms with Crippen molar-refractivity contribution in [3.8, 4) is 11.5 Å². The quantitative estimate of drug-likeness (QED) is 0.659. The van der Waals surface area contributed by atoms with Crippen molar-refractivity contribution < 1.29 is 14.6 Å². The first-order valence-corrected chi connectivity index (χ1v) is 6.85. The molecule has 0 aromatic heterocycles. The van der Waals surface area contributed by atoms with Crippen molar-refractivity contribution in [3.63, 3.8) is 0 Å². The van der Waals surface area contributed by atoms with Crippen LogP contribution < -0.4 is 10.2 Å². The highest BCUT2D eigenvalue weighted by atomic mass is 79.9. The van der Waals surface area contributed by atoms with E-state index in [1.165, 1.54) is 19.4 Å². The summed E-state index contributed by atoms with van der Waals surface area (Å²) in [7, 11) is 1.47. The number of methoxy groups -OCH3 is 1. The lowest BCUT2D eigenvalue weighted by Crippen LogP contribution is -2.17. The van der Waals surface area contributed by atoms with Crippen LogP contribution in [0.4, 0.5) is 0 Å². The van der Waals surface area contributed by atoms with Crippen molar-refractivity contribution in [1.29, 1.82) is 0 Å². The topological polar surface area (TPSA) is 70.9 Å². The highest BCUT2D eigenvalue weighted by Crippen LogP contribution is 2.25. The van der Waals surface area contributed by atoms with Crippen LogP contribution in [0.25, 0.3) is 0 Å². The Morgan fingerprint density at radius 2 is 2.14 bits per heavy atom. The average molecular weight is 349 g/mol. The summed E-state index contributed by atoms with van der Waals surface area (Å²) >= 11 is 3.30. The van der Waals surface area contributed by atoms with Crippen LogP contribution in [-0.4, -0.2) is 24.3 Å². The Hall–Kier alpha value is -2.34. The van der Waals surface area contributed by atoms with Gasteiger partial charge in [0, 0.05) is 10.0 Å². The zero-order valence-electron chi connectivity index (χ0n) is 11.2. The molecule has 5 nitrogen and oxygen atoms in total. The third kappa shape index (κ3) is 4.06. The van der Waals surface area contributed by atoms with E-state index in [4.69, 9.17) is 4.74 Å². The summed E-state index contributed by atoms with van der Waals surface area (Å²) in [6, 6.07) is 11.8. The molecule has 0 atom stereocenters. The number of phenolic OH excluding ortho intramolecular Hbond substituents is 1. The Labute approximate surface area is 130 Å². The minimum atomic E-state index is -0.315. The summed E-state index contributed by atoms with van der Waals surface area (Å²) in [6.07, 6.45) is 1.44. The number of carbonyl (C=O) groups is 1. The summed E-state index contributed by atoms with van der Waals surface area (Å²) in [4.78, 5) is 11.8. The first-order valence-electron chi connectivity index (χ1n) is 6.06. The molecule has 0 spiro atoms. The molecule has 2 aromatic rings. The van der Waals surface area contributed by atoms with Gasteiger partial charge in [0.15, 0.2) is 11.5 Å². The minimum absolute atomic E-state index is 0.0137. The third-order valence-corrected chi connectivity index (χ3v) is 3.16. The van der Waals surface area contributed by atoms with Gasteiger partial charge in [-0.05, 0) is 42.0 Å². The molecule has 1 amide bonds. The molecule has 0 aliphatic rings. The molecule has 0 saturated heterocycles. The number of carbonyl (C=O) groups excluding carboxylic acids is 1. The van der Waals surface area contributed by atoms with Crippen LogP contribution in [0.1, 0.15) is 15.9 Å². The maximum absolute atomic E-state index is 11.8. The summed E-state index contributed by atoms with van der Waals surface area (Å²) < 4.78 is 5.76. The van der Waals surface area contributed by atoms with Gasteiger partial charge in [0.25, 0.3) is 5.91 Å². The number of ether oxygens (including phenoxy) is 1. The van der Waals surface area contributed by atoms with Gasteiger partial charge in [-0.1, -0.05) is 22.0 Å². The van der Waals surface area contributed by atoms with E-state index >= 15 is 0 Å². The van der Waals surface area contributed by atoms with Gasteiger partial charge in [0.05, 0.1) is 13.3 Å². The smallest absolute Gasteiger partial charge is 0.271 e. The van der Waals surface area contributed by atoms with Crippen LogP contribution in [-0.2, 0) is 0 Å². The van der Waals surface area contributed by atoms with Crippen molar-refractivity contribution in [2.75, 3.05) is 7.11 Å². The van der Waals surface area contributed by atoms with Crippen molar-refractivity contribution in [3.05, 3.63) is 58.1 Å². The fourth-order valence-corrected chi connectivity index (χ4v) is 2.05. The van der Waals surface area contributed by atoms with Crippen LogP contribution in [0.3, 0.4) is 0 Å². The van der Waals surface area contributed by atoms with Crippen molar-refractivity contribution >= 4 is 28.1 Å². The molecule has 6 heteroatoms. The number of nitrogens with zero attached hydrogens (tertiary/aromatic N) is 1. The zero-order chi connectivity index (χ0) is 15.2. The fraction of sp³-hybridized carbons (Fsp3) is 0.0667. The number of aromatic hydroxyl groups is 1. The molecular weight excluding hydrogens is 336 g/mol. The minimum Gasteiger partial charge on any atom is -0.504 e. The van der Waals surface area contributed by atoms with E-state index in [0.717, 1.165) is 4.47 Å². The molecule has 0 radical (unpaired) electrons. The van der Waals surface area contributed by atoms with Gasteiger partial charge in [-0.3, -0.25) is 4.79 Å². The maximum Gasteiger partial charge on any atom is 0.271 e. The fourth-order valence-electron chi connectivity index (χ4n) is 1.65. The first-order chi connectivity index (χ1) is 10.1. The second-order valence-corrected chi connectivity index (χ2v) is 5.06.